The Bertz CT molecular complexity index is 1140. The Kier molecular flexibility index (Phi) is 5.66. The summed E-state index contributed by atoms with van der Waals surface area (Å²) in [6.07, 6.45) is 0.935. The van der Waals surface area contributed by atoms with Gasteiger partial charge in [0, 0.05) is 5.56 Å². The van der Waals surface area contributed by atoms with Crippen molar-refractivity contribution in [3.63, 3.8) is 0 Å². The van der Waals surface area contributed by atoms with Crippen molar-refractivity contribution in [2.75, 3.05) is 0 Å². The normalized spacial score (nSPS) is 11.2. The molecule has 0 aliphatic heterocycles. The summed E-state index contributed by atoms with van der Waals surface area (Å²) in [5.74, 6) is -2.97. The van der Waals surface area contributed by atoms with Crippen molar-refractivity contribution in [2.24, 2.45) is 0 Å². The Balaban J connectivity index is 1.89. The lowest BCUT2D eigenvalue weighted by molar-refractivity contribution is 0.0727. The Morgan fingerprint density at radius 3 is 2.43 bits per heavy atom. The van der Waals surface area contributed by atoms with E-state index < -0.39 is 44.0 Å². The first kappa shape index (κ1) is 19.8. The van der Waals surface area contributed by atoms with Crippen molar-refractivity contribution < 1.29 is 26.7 Å². The van der Waals surface area contributed by atoms with Crippen molar-refractivity contribution in [1.29, 1.82) is 0 Å². The molecule has 0 spiro atoms. The molecule has 0 bridgehead atoms. The highest BCUT2D eigenvalue weighted by molar-refractivity contribution is 7.90. The Morgan fingerprint density at radius 2 is 1.75 bits per heavy atom. The fraction of sp³-hybridized carbons (Fsp3) is 0.0556. The van der Waals surface area contributed by atoms with Crippen molar-refractivity contribution in [2.45, 2.75) is 10.9 Å². The minimum atomic E-state index is -4.17. The number of carbonyl (C=O) groups excluding carboxylic acids is 1. The number of nitrogens with zero attached hydrogens (tertiary/aromatic N) is 2. The summed E-state index contributed by atoms with van der Waals surface area (Å²) in [5.41, 5.74) is -0.565. The number of sulfone groups is 1. The highest BCUT2D eigenvalue weighted by Gasteiger charge is 2.25. The van der Waals surface area contributed by atoms with Gasteiger partial charge in [-0.25, -0.2) is 32.0 Å². The van der Waals surface area contributed by atoms with Gasteiger partial charge in [-0.15, -0.1) is 0 Å². The van der Waals surface area contributed by atoms with E-state index >= 15 is 0 Å². The standard InChI is InChI=1S/C18H11ClF2N2O4S/c19-14-9-22-18(28(25,26)10-11-3-1-2-4-15(11)21)23-16(14)17(24)27-13-7-5-12(20)6-8-13/h1-9H,10H2. The Labute approximate surface area is 163 Å². The number of hydrogen-bond donors (Lipinski definition) is 0. The van der Waals surface area contributed by atoms with E-state index in [2.05, 4.69) is 9.97 Å². The van der Waals surface area contributed by atoms with Gasteiger partial charge in [-0.05, 0) is 30.3 Å². The maximum absolute atomic E-state index is 13.8. The van der Waals surface area contributed by atoms with E-state index in [1.54, 1.807) is 0 Å². The summed E-state index contributed by atoms with van der Waals surface area (Å²) in [6.45, 7) is 0. The van der Waals surface area contributed by atoms with Crippen LogP contribution >= 0.6 is 11.6 Å². The molecule has 10 heteroatoms. The summed E-state index contributed by atoms with van der Waals surface area (Å²) >= 11 is 5.88. The van der Waals surface area contributed by atoms with E-state index in [9.17, 15) is 22.0 Å². The van der Waals surface area contributed by atoms with Crippen molar-refractivity contribution in [1.82, 2.24) is 9.97 Å². The molecule has 3 rings (SSSR count). The van der Waals surface area contributed by atoms with Gasteiger partial charge in [0.15, 0.2) is 5.69 Å². The first-order chi connectivity index (χ1) is 13.3. The van der Waals surface area contributed by atoms with Crippen LogP contribution in [0.15, 0.2) is 59.9 Å². The molecule has 0 saturated carbocycles. The number of esters is 1. The number of rotatable bonds is 5. The molecule has 1 heterocycles. The quantitative estimate of drug-likeness (QED) is 0.353. The third-order valence-corrected chi connectivity index (χ3v) is 5.24. The van der Waals surface area contributed by atoms with Crippen LogP contribution in [0.25, 0.3) is 0 Å². The number of hydrogen-bond acceptors (Lipinski definition) is 6. The first-order valence-electron chi connectivity index (χ1n) is 7.73. The zero-order chi connectivity index (χ0) is 20.3. The molecule has 0 saturated heterocycles. The highest BCUT2D eigenvalue weighted by Crippen LogP contribution is 2.21. The van der Waals surface area contributed by atoms with Crippen molar-refractivity contribution >= 4 is 27.4 Å². The molecule has 0 amide bonds. The topological polar surface area (TPSA) is 86.2 Å². The van der Waals surface area contributed by atoms with Crippen LogP contribution in [0.2, 0.25) is 5.02 Å². The summed E-state index contributed by atoms with van der Waals surface area (Å²) in [7, 11) is -4.17. The van der Waals surface area contributed by atoms with Gasteiger partial charge in [-0.2, -0.15) is 0 Å². The lowest BCUT2D eigenvalue weighted by Crippen LogP contribution is -2.16. The van der Waals surface area contributed by atoms with Crippen LogP contribution in [-0.2, 0) is 15.6 Å². The van der Waals surface area contributed by atoms with Crippen LogP contribution in [0.3, 0.4) is 0 Å². The maximum atomic E-state index is 13.8. The van der Waals surface area contributed by atoms with Crippen LogP contribution in [0, 0.1) is 11.6 Å². The molecule has 144 valence electrons. The summed E-state index contributed by atoms with van der Waals surface area (Å²) < 4.78 is 56.7. The third kappa shape index (κ3) is 4.49. The van der Waals surface area contributed by atoms with Gasteiger partial charge < -0.3 is 4.74 Å². The monoisotopic (exact) mass is 424 g/mol. The van der Waals surface area contributed by atoms with Crippen molar-refractivity contribution in [3.05, 3.63) is 82.6 Å². The van der Waals surface area contributed by atoms with E-state index in [-0.39, 0.29) is 16.3 Å². The highest BCUT2D eigenvalue weighted by atomic mass is 35.5. The predicted octanol–water partition coefficient (Wildman–Crippen LogP) is 3.60. The predicted molar refractivity (Wildman–Crippen MR) is 95.7 cm³/mol. The van der Waals surface area contributed by atoms with Gasteiger partial charge >= 0.3 is 5.97 Å². The Morgan fingerprint density at radius 1 is 1.07 bits per heavy atom. The fourth-order valence-corrected chi connectivity index (χ4v) is 3.57. The van der Waals surface area contributed by atoms with E-state index in [0.29, 0.717) is 0 Å². The lowest BCUT2D eigenvalue weighted by Gasteiger charge is -2.08. The average molecular weight is 425 g/mol. The molecular formula is C18H11ClF2N2O4S. The lowest BCUT2D eigenvalue weighted by atomic mass is 10.2. The van der Waals surface area contributed by atoms with E-state index in [4.69, 9.17) is 16.3 Å². The van der Waals surface area contributed by atoms with Crippen LogP contribution in [0.1, 0.15) is 16.1 Å². The van der Waals surface area contributed by atoms with Gasteiger partial charge in [0.2, 0.25) is 15.0 Å². The molecule has 0 aliphatic rings. The molecule has 0 radical (unpaired) electrons. The first-order valence-corrected chi connectivity index (χ1v) is 9.76. The largest absolute Gasteiger partial charge is 0.422 e. The second-order valence-corrected chi connectivity index (χ2v) is 7.83. The zero-order valence-electron chi connectivity index (χ0n) is 14.0. The molecule has 0 fully saturated rings. The van der Waals surface area contributed by atoms with Crippen LogP contribution < -0.4 is 4.74 Å². The second-order valence-electron chi connectivity index (χ2n) is 5.54. The number of halogens is 3. The van der Waals surface area contributed by atoms with Crippen LogP contribution in [0.4, 0.5) is 8.78 Å². The molecule has 3 aromatic rings. The average Bonchev–Trinajstić information content (AvgIpc) is 2.65. The van der Waals surface area contributed by atoms with E-state index in [1.807, 2.05) is 0 Å². The molecule has 0 atom stereocenters. The van der Waals surface area contributed by atoms with Gasteiger partial charge in [0.05, 0.1) is 17.0 Å². The summed E-state index contributed by atoms with van der Waals surface area (Å²) in [6, 6.07) is 9.92. The minimum Gasteiger partial charge on any atom is -0.422 e. The molecular weight excluding hydrogens is 414 g/mol. The zero-order valence-corrected chi connectivity index (χ0v) is 15.5. The third-order valence-electron chi connectivity index (χ3n) is 3.52. The smallest absolute Gasteiger partial charge is 0.364 e. The summed E-state index contributed by atoms with van der Waals surface area (Å²) in [4.78, 5) is 19.6. The molecule has 2 aromatic carbocycles. The van der Waals surface area contributed by atoms with Crippen LogP contribution in [-0.4, -0.2) is 24.4 Å². The van der Waals surface area contributed by atoms with E-state index in [0.717, 1.165) is 24.4 Å². The molecule has 0 aliphatic carbocycles. The molecule has 6 nitrogen and oxygen atoms in total. The number of ether oxygens (including phenoxy) is 1. The SMILES string of the molecule is O=C(Oc1ccc(F)cc1)c1nc(S(=O)(=O)Cc2ccccc2F)ncc1Cl. The van der Waals surface area contributed by atoms with Gasteiger partial charge in [0.25, 0.3) is 0 Å². The van der Waals surface area contributed by atoms with E-state index in [1.165, 1.54) is 30.3 Å². The molecule has 0 unspecified atom stereocenters. The second kappa shape index (κ2) is 7.99. The number of carbonyl (C=O) groups is 1. The van der Waals surface area contributed by atoms with Crippen LogP contribution in [0.5, 0.6) is 5.75 Å². The Hall–Kier alpha value is -2.91. The number of aromatic nitrogens is 2. The molecule has 28 heavy (non-hydrogen) atoms. The van der Waals surface area contributed by atoms with Gasteiger partial charge in [-0.3, -0.25) is 0 Å². The molecule has 1 aromatic heterocycles. The number of benzene rings is 2. The van der Waals surface area contributed by atoms with Gasteiger partial charge in [-0.1, -0.05) is 29.8 Å². The molecule has 0 N–H and O–H groups in total. The maximum Gasteiger partial charge on any atom is 0.364 e. The fourth-order valence-electron chi connectivity index (χ4n) is 2.19. The van der Waals surface area contributed by atoms with Crippen molar-refractivity contribution in [3.8, 4) is 5.75 Å². The minimum absolute atomic E-state index is 0.0110. The summed E-state index contributed by atoms with van der Waals surface area (Å²) in [5, 5.41) is -0.942. The van der Waals surface area contributed by atoms with Gasteiger partial charge in [0.1, 0.15) is 17.4 Å².